The van der Waals surface area contributed by atoms with Crippen molar-refractivity contribution in [1.29, 1.82) is 0 Å². The maximum atomic E-state index is 11.1. The lowest BCUT2D eigenvalue weighted by atomic mass is 10.1. The molecule has 0 radical (unpaired) electrons. The highest BCUT2D eigenvalue weighted by Gasteiger charge is 2.11. The van der Waals surface area contributed by atoms with Crippen molar-refractivity contribution >= 4 is 5.97 Å². The van der Waals surface area contributed by atoms with E-state index in [1.54, 1.807) is 18.2 Å². The van der Waals surface area contributed by atoms with Crippen LogP contribution in [0.4, 0.5) is 0 Å². The number of benzene rings is 2. The Bertz CT molecular complexity index is 603. The smallest absolute Gasteiger partial charge is 0.339 e. The minimum Gasteiger partial charge on any atom is -0.488 e. The van der Waals surface area contributed by atoms with Gasteiger partial charge in [-0.05, 0) is 37.1 Å². The van der Waals surface area contributed by atoms with E-state index in [2.05, 4.69) is 0 Å². The van der Waals surface area contributed by atoms with Gasteiger partial charge in [0.2, 0.25) is 0 Å². The van der Waals surface area contributed by atoms with Crippen LogP contribution >= 0.6 is 0 Å². The zero-order valence-electron chi connectivity index (χ0n) is 11.0. The van der Waals surface area contributed by atoms with Gasteiger partial charge in [-0.3, -0.25) is 0 Å². The number of ether oxygens (including phenoxy) is 1. The molecule has 2 rings (SSSR count). The summed E-state index contributed by atoms with van der Waals surface area (Å²) in [6, 6.07) is 13.0. The molecule has 0 aliphatic heterocycles. The van der Waals surface area contributed by atoms with Gasteiger partial charge < -0.3 is 9.84 Å². The third kappa shape index (κ3) is 3.35. The molecule has 0 bridgehead atoms. The van der Waals surface area contributed by atoms with Crippen molar-refractivity contribution in [2.24, 2.45) is 0 Å². The molecule has 0 spiro atoms. The Labute approximate surface area is 112 Å². The highest BCUT2D eigenvalue weighted by atomic mass is 16.5. The number of rotatable bonds is 4. The first-order chi connectivity index (χ1) is 9.06. The topological polar surface area (TPSA) is 46.5 Å². The average molecular weight is 256 g/mol. The van der Waals surface area contributed by atoms with E-state index in [0.717, 1.165) is 16.7 Å². The first-order valence-electron chi connectivity index (χ1n) is 6.08. The van der Waals surface area contributed by atoms with Gasteiger partial charge in [0.15, 0.2) is 0 Å². The van der Waals surface area contributed by atoms with Crippen molar-refractivity contribution < 1.29 is 14.6 Å². The second kappa shape index (κ2) is 5.57. The predicted molar refractivity (Wildman–Crippen MR) is 73.6 cm³/mol. The van der Waals surface area contributed by atoms with Crippen molar-refractivity contribution in [3.63, 3.8) is 0 Å². The fourth-order valence-electron chi connectivity index (χ4n) is 1.89. The van der Waals surface area contributed by atoms with Crippen LogP contribution in [0.5, 0.6) is 5.75 Å². The Morgan fingerprint density at radius 3 is 2.53 bits per heavy atom. The molecule has 0 heterocycles. The van der Waals surface area contributed by atoms with E-state index in [1.807, 2.05) is 38.1 Å². The van der Waals surface area contributed by atoms with E-state index in [0.29, 0.717) is 12.4 Å². The molecule has 2 aromatic carbocycles. The van der Waals surface area contributed by atoms with Gasteiger partial charge in [-0.25, -0.2) is 4.79 Å². The maximum absolute atomic E-state index is 11.1. The highest BCUT2D eigenvalue weighted by molar-refractivity contribution is 5.90. The summed E-state index contributed by atoms with van der Waals surface area (Å²) in [6.45, 7) is 4.29. The van der Waals surface area contributed by atoms with Gasteiger partial charge in [0, 0.05) is 0 Å². The lowest BCUT2D eigenvalue weighted by Crippen LogP contribution is -2.03. The molecule has 0 aliphatic rings. The Hall–Kier alpha value is -2.29. The van der Waals surface area contributed by atoms with Crippen LogP contribution in [-0.2, 0) is 6.61 Å². The van der Waals surface area contributed by atoms with E-state index >= 15 is 0 Å². The summed E-state index contributed by atoms with van der Waals surface area (Å²) in [4.78, 5) is 11.1. The van der Waals surface area contributed by atoms with Crippen molar-refractivity contribution in [3.05, 3.63) is 64.7 Å². The maximum Gasteiger partial charge on any atom is 0.339 e. The second-order valence-corrected chi connectivity index (χ2v) is 4.58. The first kappa shape index (κ1) is 13.1. The van der Waals surface area contributed by atoms with Crippen molar-refractivity contribution in [2.45, 2.75) is 20.5 Å². The van der Waals surface area contributed by atoms with Crippen molar-refractivity contribution in [3.8, 4) is 5.75 Å². The lowest BCUT2D eigenvalue weighted by molar-refractivity contribution is 0.0691. The van der Waals surface area contributed by atoms with Crippen molar-refractivity contribution in [1.82, 2.24) is 0 Å². The molecule has 0 saturated carbocycles. The Balaban J connectivity index is 2.19. The lowest BCUT2D eigenvalue weighted by Gasteiger charge is -2.10. The van der Waals surface area contributed by atoms with Crippen LogP contribution in [-0.4, -0.2) is 11.1 Å². The van der Waals surface area contributed by atoms with Gasteiger partial charge in [0.05, 0.1) is 0 Å². The summed E-state index contributed by atoms with van der Waals surface area (Å²) in [7, 11) is 0. The van der Waals surface area contributed by atoms with Gasteiger partial charge in [0.1, 0.15) is 17.9 Å². The standard InChI is InChI=1S/C16H16O3/c1-11-4-3-5-13(8-11)10-19-15-9-12(2)6-7-14(15)16(17)18/h3-9H,10H2,1-2H3,(H,17,18). The molecule has 3 nitrogen and oxygen atoms in total. The Morgan fingerprint density at radius 1 is 1.11 bits per heavy atom. The molecule has 19 heavy (non-hydrogen) atoms. The normalized spacial score (nSPS) is 10.2. The van der Waals surface area contributed by atoms with Crippen molar-refractivity contribution in [2.75, 3.05) is 0 Å². The summed E-state index contributed by atoms with van der Waals surface area (Å²) >= 11 is 0. The van der Waals surface area contributed by atoms with Crippen LogP contribution < -0.4 is 4.74 Å². The minimum absolute atomic E-state index is 0.193. The minimum atomic E-state index is -0.973. The number of hydrogen-bond acceptors (Lipinski definition) is 2. The van der Waals surface area contributed by atoms with Crippen LogP contribution in [0.3, 0.4) is 0 Å². The molecule has 0 atom stereocenters. The van der Waals surface area contributed by atoms with Gasteiger partial charge in [-0.2, -0.15) is 0 Å². The average Bonchev–Trinajstić information content (AvgIpc) is 2.36. The molecular weight excluding hydrogens is 240 g/mol. The summed E-state index contributed by atoms with van der Waals surface area (Å²) < 4.78 is 5.64. The zero-order valence-corrected chi connectivity index (χ0v) is 11.0. The Morgan fingerprint density at radius 2 is 1.84 bits per heavy atom. The van der Waals surface area contributed by atoms with E-state index in [4.69, 9.17) is 9.84 Å². The monoisotopic (exact) mass is 256 g/mol. The molecule has 98 valence electrons. The molecule has 0 fully saturated rings. The molecule has 2 aromatic rings. The quantitative estimate of drug-likeness (QED) is 0.909. The number of aryl methyl sites for hydroxylation is 2. The summed E-state index contributed by atoms with van der Waals surface area (Å²) in [5.41, 5.74) is 3.35. The van der Waals surface area contributed by atoms with E-state index in [-0.39, 0.29) is 5.56 Å². The van der Waals surface area contributed by atoms with Crippen LogP contribution in [0.1, 0.15) is 27.0 Å². The fourth-order valence-corrected chi connectivity index (χ4v) is 1.89. The van der Waals surface area contributed by atoms with Crippen LogP contribution in [0, 0.1) is 13.8 Å². The third-order valence-electron chi connectivity index (χ3n) is 2.84. The largest absolute Gasteiger partial charge is 0.488 e. The summed E-state index contributed by atoms with van der Waals surface area (Å²) in [5.74, 6) is -0.562. The number of aromatic carboxylic acids is 1. The highest BCUT2D eigenvalue weighted by Crippen LogP contribution is 2.21. The molecular formula is C16H16O3. The van der Waals surface area contributed by atoms with Gasteiger partial charge in [-0.15, -0.1) is 0 Å². The molecule has 0 unspecified atom stereocenters. The van der Waals surface area contributed by atoms with Gasteiger partial charge >= 0.3 is 5.97 Å². The predicted octanol–water partition coefficient (Wildman–Crippen LogP) is 3.58. The second-order valence-electron chi connectivity index (χ2n) is 4.58. The third-order valence-corrected chi connectivity index (χ3v) is 2.84. The SMILES string of the molecule is Cc1cccc(COc2cc(C)ccc2C(=O)O)c1. The molecule has 0 aliphatic carbocycles. The number of carbonyl (C=O) groups is 1. The van der Waals surface area contributed by atoms with Crippen LogP contribution in [0.15, 0.2) is 42.5 Å². The molecule has 3 heteroatoms. The van der Waals surface area contributed by atoms with Crippen LogP contribution in [0.2, 0.25) is 0 Å². The van der Waals surface area contributed by atoms with Crippen LogP contribution in [0.25, 0.3) is 0 Å². The molecule has 1 N–H and O–H groups in total. The molecule has 0 saturated heterocycles. The number of carboxylic acids is 1. The van der Waals surface area contributed by atoms with Gasteiger partial charge in [-0.1, -0.05) is 35.9 Å². The van der Waals surface area contributed by atoms with Gasteiger partial charge in [0.25, 0.3) is 0 Å². The summed E-state index contributed by atoms with van der Waals surface area (Å²) in [6.07, 6.45) is 0. The Kier molecular flexibility index (Phi) is 3.85. The zero-order chi connectivity index (χ0) is 13.8. The fraction of sp³-hybridized carbons (Fsp3) is 0.188. The molecule has 0 amide bonds. The van der Waals surface area contributed by atoms with E-state index in [1.165, 1.54) is 0 Å². The van der Waals surface area contributed by atoms with E-state index in [9.17, 15) is 4.79 Å². The number of carboxylic acid groups (broad SMARTS) is 1. The van der Waals surface area contributed by atoms with E-state index < -0.39 is 5.97 Å². The first-order valence-corrected chi connectivity index (χ1v) is 6.08. The molecule has 0 aromatic heterocycles. The summed E-state index contributed by atoms with van der Waals surface area (Å²) in [5, 5.41) is 9.12. The number of hydrogen-bond donors (Lipinski definition) is 1.